The van der Waals surface area contributed by atoms with Gasteiger partial charge in [-0.25, -0.2) is 4.39 Å². The maximum atomic E-state index is 13.8. The van der Waals surface area contributed by atoms with Crippen LogP contribution in [0.2, 0.25) is 5.02 Å². The van der Waals surface area contributed by atoms with E-state index in [1.165, 1.54) is 18.9 Å². The van der Waals surface area contributed by atoms with Crippen molar-refractivity contribution in [1.82, 2.24) is 5.32 Å². The summed E-state index contributed by atoms with van der Waals surface area (Å²) in [6.45, 7) is 5.44. The molecular weight excluding hydrogens is 249 g/mol. The summed E-state index contributed by atoms with van der Waals surface area (Å²) >= 11 is 5.78. The number of benzene rings is 1. The molecule has 1 aromatic carbocycles. The molecule has 1 nitrogen and oxygen atoms in total. The molecule has 0 spiro atoms. The fourth-order valence-electron chi connectivity index (χ4n) is 2.34. The van der Waals surface area contributed by atoms with Crippen molar-refractivity contribution in [2.24, 2.45) is 5.41 Å². The minimum absolute atomic E-state index is 0.185. The molecule has 0 bridgehead atoms. The fraction of sp³-hybridized carbons (Fsp3) is 0.600. The summed E-state index contributed by atoms with van der Waals surface area (Å²) in [4.78, 5) is 0. The van der Waals surface area contributed by atoms with Crippen molar-refractivity contribution < 1.29 is 4.39 Å². The topological polar surface area (TPSA) is 12.0 Å². The van der Waals surface area contributed by atoms with Gasteiger partial charge in [-0.05, 0) is 55.3 Å². The van der Waals surface area contributed by atoms with Crippen molar-refractivity contribution in [2.45, 2.75) is 45.6 Å². The molecule has 2 rings (SSSR count). The second-order valence-electron chi connectivity index (χ2n) is 5.60. The third-order valence-corrected chi connectivity index (χ3v) is 4.19. The molecule has 3 heteroatoms. The number of hydrogen-bond acceptors (Lipinski definition) is 1. The number of rotatable bonds is 6. The molecule has 1 aromatic rings. The average molecular weight is 270 g/mol. The average Bonchev–Trinajstić information content (AvgIpc) is 3.06. The highest BCUT2D eigenvalue weighted by atomic mass is 35.5. The minimum Gasteiger partial charge on any atom is -0.313 e. The smallest absolute Gasteiger partial charge is 0.127 e. The van der Waals surface area contributed by atoms with Crippen molar-refractivity contribution in [2.75, 3.05) is 6.54 Å². The monoisotopic (exact) mass is 269 g/mol. The molecule has 18 heavy (non-hydrogen) atoms. The molecule has 1 unspecified atom stereocenters. The van der Waals surface area contributed by atoms with Crippen LogP contribution in [-0.2, 0) is 6.42 Å². The molecule has 0 radical (unpaired) electrons. The van der Waals surface area contributed by atoms with Gasteiger partial charge in [0.2, 0.25) is 0 Å². The summed E-state index contributed by atoms with van der Waals surface area (Å²) in [5.74, 6) is -0.185. The summed E-state index contributed by atoms with van der Waals surface area (Å²) in [6, 6.07) is 5.35. The van der Waals surface area contributed by atoms with Gasteiger partial charge in [-0.2, -0.15) is 0 Å². The Hall–Kier alpha value is -0.600. The van der Waals surface area contributed by atoms with Gasteiger partial charge in [-0.3, -0.25) is 0 Å². The van der Waals surface area contributed by atoms with Crippen LogP contribution in [0.1, 0.15) is 38.7 Å². The zero-order valence-electron chi connectivity index (χ0n) is 11.1. The van der Waals surface area contributed by atoms with Crippen LogP contribution in [0.3, 0.4) is 0 Å². The standard InChI is InChI=1S/C15H21ClFN/c1-3-8-18-14(15(2)6-7-15)9-11-4-5-12(16)10-13(11)17/h4-5,10,14,18H,3,6-9H2,1-2H3. The lowest BCUT2D eigenvalue weighted by Crippen LogP contribution is -2.38. The summed E-state index contributed by atoms with van der Waals surface area (Å²) in [7, 11) is 0. The Morgan fingerprint density at radius 2 is 2.17 bits per heavy atom. The Bertz CT molecular complexity index is 415. The van der Waals surface area contributed by atoms with Crippen molar-refractivity contribution in [3.63, 3.8) is 0 Å². The third-order valence-electron chi connectivity index (χ3n) is 3.96. The lowest BCUT2D eigenvalue weighted by Gasteiger charge is -2.25. The van der Waals surface area contributed by atoms with Crippen molar-refractivity contribution >= 4 is 11.6 Å². The van der Waals surface area contributed by atoms with Crippen LogP contribution in [0.5, 0.6) is 0 Å². The van der Waals surface area contributed by atoms with Gasteiger partial charge in [0.05, 0.1) is 0 Å². The molecule has 0 aromatic heterocycles. The highest BCUT2D eigenvalue weighted by molar-refractivity contribution is 6.30. The summed E-state index contributed by atoms with van der Waals surface area (Å²) < 4.78 is 13.8. The predicted octanol–water partition coefficient (Wildman–Crippen LogP) is 4.19. The molecule has 0 aliphatic heterocycles. The van der Waals surface area contributed by atoms with Crippen molar-refractivity contribution in [3.8, 4) is 0 Å². The van der Waals surface area contributed by atoms with Crippen LogP contribution in [0.15, 0.2) is 18.2 Å². The molecular formula is C15H21ClFN. The zero-order valence-corrected chi connectivity index (χ0v) is 11.9. The molecule has 0 saturated heterocycles. The van der Waals surface area contributed by atoms with Gasteiger partial charge in [-0.1, -0.05) is 31.5 Å². The Balaban J connectivity index is 2.08. The summed E-state index contributed by atoms with van der Waals surface area (Å²) in [5.41, 5.74) is 1.11. The zero-order chi connectivity index (χ0) is 13.2. The molecule has 0 heterocycles. The lowest BCUT2D eigenvalue weighted by atomic mass is 9.92. The van der Waals surface area contributed by atoms with Gasteiger partial charge in [0.15, 0.2) is 0 Å². The first-order valence-electron chi connectivity index (χ1n) is 6.72. The summed E-state index contributed by atoms with van der Waals surface area (Å²) in [5, 5.41) is 4.03. The van der Waals surface area contributed by atoms with Crippen LogP contribution in [-0.4, -0.2) is 12.6 Å². The van der Waals surface area contributed by atoms with Gasteiger partial charge in [0.1, 0.15) is 5.82 Å². The first-order chi connectivity index (χ1) is 8.55. The summed E-state index contributed by atoms with van der Waals surface area (Å²) in [6.07, 6.45) is 4.34. The van der Waals surface area contributed by atoms with Crippen LogP contribution >= 0.6 is 11.6 Å². The van der Waals surface area contributed by atoms with E-state index < -0.39 is 0 Å². The lowest BCUT2D eigenvalue weighted by molar-refractivity contribution is 0.351. The van der Waals surface area contributed by atoms with E-state index in [2.05, 4.69) is 19.2 Å². The molecule has 1 saturated carbocycles. The van der Waals surface area contributed by atoms with E-state index in [1.807, 2.05) is 6.07 Å². The molecule has 1 aliphatic carbocycles. The van der Waals surface area contributed by atoms with Gasteiger partial charge >= 0.3 is 0 Å². The Labute approximate surface area is 114 Å². The van der Waals surface area contributed by atoms with Crippen LogP contribution in [0, 0.1) is 11.2 Å². The highest BCUT2D eigenvalue weighted by Gasteiger charge is 2.44. The van der Waals surface area contributed by atoms with Gasteiger partial charge in [-0.15, -0.1) is 0 Å². The second-order valence-corrected chi connectivity index (χ2v) is 6.04. The van der Waals surface area contributed by atoms with Gasteiger partial charge in [0.25, 0.3) is 0 Å². The largest absolute Gasteiger partial charge is 0.313 e. The highest BCUT2D eigenvalue weighted by Crippen LogP contribution is 2.49. The van der Waals surface area contributed by atoms with Gasteiger partial charge < -0.3 is 5.32 Å². The number of halogens is 2. The first kappa shape index (κ1) is 13.8. The SMILES string of the molecule is CCCNC(Cc1ccc(Cl)cc1F)C1(C)CC1. The molecule has 1 aliphatic rings. The van der Waals surface area contributed by atoms with E-state index in [4.69, 9.17) is 11.6 Å². The maximum Gasteiger partial charge on any atom is 0.127 e. The van der Waals surface area contributed by atoms with Crippen molar-refractivity contribution in [1.29, 1.82) is 0 Å². The number of hydrogen-bond donors (Lipinski definition) is 1. The van der Waals surface area contributed by atoms with Gasteiger partial charge in [0, 0.05) is 11.1 Å². The maximum absolute atomic E-state index is 13.8. The Kier molecular flexibility index (Phi) is 4.29. The van der Waals surface area contributed by atoms with E-state index >= 15 is 0 Å². The molecule has 100 valence electrons. The van der Waals surface area contributed by atoms with E-state index in [-0.39, 0.29) is 5.82 Å². The Morgan fingerprint density at radius 3 is 2.72 bits per heavy atom. The number of nitrogens with one attached hydrogen (secondary N) is 1. The molecule has 1 N–H and O–H groups in total. The molecule has 1 fully saturated rings. The van der Waals surface area contributed by atoms with Crippen LogP contribution in [0.4, 0.5) is 4.39 Å². The van der Waals surface area contributed by atoms with Crippen LogP contribution < -0.4 is 5.32 Å². The van der Waals surface area contributed by atoms with E-state index in [0.717, 1.165) is 24.9 Å². The quantitative estimate of drug-likeness (QED) is 0.817. The third kappa shape index (κ3) is 3.24. The second kappa shape index (κ2) is 5.58. The minimum atomic E-state index is -0.185. The van der Waals surface area contributed by atoms with Crippen molar-refractivity contribution in [3.05, 3.63) is 34.6 Å². The normalized spacial score (nSPS) is 18.7. The van der Waals surface area contributed by atoms with Crippen LogP contribution in [0.25, 0.3) is 0 Å². The molecule has 1 atom stereocenters. The van der Waals surface area contributed by atoms with E-state index in [1.54, 1.807) is 6.07 Å². The van der Waals surface area contributed by atoms with E-state index in [9.17, 15) is 4.39 Å². The molecule has 0 amide bonds. The fourth-order valence-corrected chi connectivity index (χ4v) is 2.50. The van der Waals surface area contributed by atoms with E-state index in [0.29, 0.717) is 16.5 Å². The first-order valence-corrected chi connectivity index (χ1v) is 7.10. The Morgan fingerprint density at radius 1 is 1.44 bits per heavy atom. The predicted molar refractivity (Wildman–Crippen MR) is 74.5 cm³/mol.